The van der Waals surface area contributed by atoms with Gasteiger partial charge in [0.25, 0.3) is 0 Å². The zero-order valence-corrected chi connectivity index (χ0v) is 12.4. The third kappa shape index (κ3) is 2.70. The fraction of sp³-hybridized carbons (Fsp3) is 0.125. The van der Waals surface area contributed by atoms with Crippen LogP contribution in [-0.2, 0) is 16.6 Å². The van der Waals surface area contributed by atoms with Crippen LogP contribution in [0.15, 0.2) is 70.2 Å². The van der Waals surface area contributed by atoms with E-state index < -0.39 is 10.0 Å². The van der Waals surface area contributed by atoms with E-state index >= 15 is 0 Å². The smallest absolute Gasteiger partial charge is 0.243 e. The molecule has 0 amide bonds. The van der Waals surface area contributed by atoms with Gasteiger partial charge < -0.3 is 4.42 Å². The molecule has 0 unspecified atom stereocenters. The highest BCUT2D eigenvalue weighted by Crippen LogP contribution is 2.22. The second kappa shape index (κ2) is 5.35. The number of benzene rings is 2. The fourth-order valence-electron chi connectivity index (χ4n) is 2.21. The number of furan rings is 1. The molecule has 0 aliphatic rings. The van der Waals surface area contributed by atoms with Crippen molar-refractivity contribution in [2.24, 2.45) is 0 Å². The average Bonchev–Trinajstić information content (AvgIpc) is 2.99. The van der Waals surface area contributed by atoms with Gasteiger partial charge in [0.1, 0.15) is 5.76 Å². The fourth-order valence-corrected chi connectivity index (χ4v) is 3.39. The molecule has 1 heterocycles. The Morgan fingerprint density at radius 3 is 2.48 bits per heavy atom. The third-order valence-corrected chi connectivity index (χ3v) is 5.19. The van der Waals surface area contributed by atoms with Crippen LogP contribution >= 0.6 is 0 Å². The molecule has 0 radical (unpaired) electrons. The molecule has 5 heteroatoms. The Morgan fingerprint density at radius 1 is 1.00 bits per heavy atom. The van der Waals surface area contributed by atoms with Gasteiger partial charge in [0.05, 0.1) is 17.7 Å². The molecule has 4 nitrogen and oxygen atoms in total. The van der Waals surface area contributed by atoms with E-state index in [9.17, 15) is 8.42 Å². The van der Waals surface area contributed by atoms with Crippen molar-refractivity contribution in [3.63, 3.8) is 0 Å². The van der Waals surface area contributed by atoms with Crippen LogP contribution < -0.4 is 0 Å². The Labute approximate surface area is 123 Å². The first kappa shape index (κ1) is 13.9. The number of rotatable bonds is 4. The highest BCUT2D eigenvalue weighted by molar-refractivity contribution is 7.89. The number of hydrogen-bond donors (Lipinski definition) is 0. The minimum Gasteiger partial charge on any atom is -0.468 e. The van der Waals surface area contributed by atoms with Gasteiger partial charge in [0.2, 0.25) is 10.0 Å². The average molecular weight is 301 g/mol. The molecule has 0 aliphatic carbocycles. The van der Waals surface area contributed by atoms with Crippen LogP contribution in [0.2, 0.25) is 0 Å². The van der Waals surface area contributed by atoms with Crippen LogP contribution in [0.5, 0.6) is 0 Å². The Balaban J connectivity index is 1.95. The second-order valence-electron chi connectivity index (χ2n) is 4.85. The number of sulfonamides is 1. The molecule has 0 saturated heterocycles. The first-order valence-corrected chi connectivity index (χ1v) is 7.99. The molecule has 2 aromatic carbocycles. The van der Waals surface area contributed by atoms with E-state index in [0.717, 1.165) is 10.8 Å². The number of nitrogens with zero attached hydrogens (tertiary/aromatic N) is 1. The van der Waals surface area contributed by atoms with Crippen LogP contribution in [0.4, 0.5) is 0 Å². The molecule has 0 saturated carbocycles. The van der Waals surface area contributed by atoms with E-state index in [2.05, 4.69) is 0 Å². The standard InChI is InChI=1S/C16H15NO3S/c1-17(12-15-7-4-10-20-15)21(18,19)16-9-8-13-5-2-3-6-14(13)11-16/h2-11H,12H2,1H3. The Bertz CT molecular complexity index is 854. The summed E-state index contributed by atoms with van der Waals surface area (Å²) in [6, 6.07) is 16.3. The Hall–Kier alpha value is -2.11. The van der Waals surface area contributed by atoms with Crippen molar-refractivity contribution in [1.82, 2.24) is 4.31 Å². The lowest BCUT2D eigenvalue weighted by Gasteiger charge is -2.16. The summed E-state index contributed by atoms with van der Waals surface area (Å²) >= 11 is 0. The normalized spacial score (nSPS) is 12.1. The van der Waals surface area contributed by atoms with Gasteiger partial charge in [0.15, 0.2) is 0 Å². The van der Waals surface area contributed by atoms with E-state index in [-0.39, 0.29) is 11.4 Å². The van der Waals surface area contributed by atoms with Gasteiger partial charge in [-0.3, -0.25) is 0 Å². The summed E-state index contributed by atoms with van der Waals surface area (Å²) in [5.74, 6) is 0.613. The van der Waals surface area contributed by atoms with E-state index in [1.165, 1.54) is 10.6 Å². The highest BCUT2D eigenvalue weighted by Gasteiger charge is 2.21. The molecule has 1 aromatic heterocycles. The summed E-state index contributed by atoms with van der Waals surface area (Å²) < 4.78 is 31.7. The van der Waals surface area contributed by atoms with Crippen molar-refractivity contribution in [3.05, 3.63) is 66.6 Å². The monoisotopic (exact) mass is 301 g/mol. The van der Waals surface area contributed by atoms with E-state index in [0.29, 0.717) is 5.76 Å². The molecule has 0 fully saturated rings. The maximum atomic E-state index is 12.6. The van der Waals surface area contributed by atoms with Crippen molar-refractivity contribution in [1.29, 1.82) is 0 Å². The topological polar surface area (TPSA) is 50.5 Å². The maximum absolute atomic E-state index is 12.6. The lowest BCUT2D eigenvalue weighted by Crippen LogP contribution is -2.26. The first-order valence-electron chi connectivity index (χ1n) is 6.55. The lowest BCUT2D eigenvalue weighted by atomic mass is 10.1. The predicted molar refractivity (Wildman–Crippen MR) is 81.3 cm³/mol. The van der Waals surface area contributed by atoms with Crippen molar-refractivity contribution in [2.45, 2.75) is 11.4 Å². The molecule has 21 heavy (non-hydrogen) atoms. The highest BCUT2D eigenvalue weighted by atomic mass is 32.2. The first-order chi connectivity index (χ1) is 10.1. The molecular weight excluding hydrogens is 286 g/mol. The summed E-state index contributed by atoms with van der Waals surface area (Å²) in [5.41, 5.74) is 0. The predicted octanol–water partition coefficient (Wildman–Crippen LogP) is 3.25. The minimum atomic E-state index is -3.53. The summed E-state index contributed by atoms with van der Waals surface area (Å²) in [4.78, 5) is 0.287. The molecule has 3 rings (SSSR count). The molecular formula is C16H15NO3S. The van der Waals surface area contributed by atoms with Gasteiger partial charge in [0, 0.05) is 7.05 Å². The Kier molecular flexibility index (Phi) is 3.53. The van der Waals surface area contributed by atoms with Crippen molar-refractivity contribution in [2.75, 3.05) is 7.05 Å². The van der Waals surface area contributed by atoms with Crippen molar-refractivity contribution < 1.29 is 12.8 Å². The van der Waals surface area contributed by atoms with Crippen molar-refractivity contribution in [3.8, 4) is 0 Å². The van der Waals surface area contributed by atoms with Gasteiger partial charge in [-0.05, 0) is 35.0 Å². The Morgan fingerprint density at radius 2 is 1.76 bits per heavy atom. The lowest BCUT2D eigenvalue weighted by molar-refractivity contribution is 0.406. The van der Waals surface area contributed by atoms with Gasteiger partial charge in [-0.15, -0.1) is 0 Å². The third-order valence-electron chi connectivity index (χ3n) is 3.39. The zero-order valence-electron chi connectivity index (χ0n) is 11.6. The van der Waals surface area contributed by atoms with Gasteiger partial charge in [-0.2, -0.15) is 4.31 Å². The summed E-state index contributed by atoms with van der Waals surface area (Å²) in [5, 5.41) is 1.93. The maximum Gasteiger partial charge on any atom is 0.243 e. The van der Waals surface area contributed by atoms with Gasteiger partial charge in [-0.25, -0.2) is 8.42 Å². The molecule has 3 aromatic rings. The van der Waals surface area contributed by atoms with E-state index in [1.807, 2.05) is 30.3 Å². The summed E-state index contributed by atoms with van der Waals surface area (Å²) in [6.07, 6.45) is 1.53. The molecule has 0 aliphatic heterocycles. The summed E-state index contributed by atoms with van der Waals surface area (Å²) in [6.45, 7) is 0.210. The number of hydrogen-bond acceptors (Lipinski definition) is 3. The second-order valence-corrected chi connectivity index (χ2v) is 6.89. The summed E-state index contributed by atoms with van der Waals surface area (Å²) in [7, 11) is -1.98. The van der Waals surface area contributed by atoms with Crippen LogP contribution in [0.3, 0.4) is 0 Å². The van der Waals surface area contributed by atoms with Gasteiger partial charge in [-0.1, -0.05) is 30.3 Å². The van der Waals surface area contributed by atoms with E-state index in [4.69, 9.17) is 4.42 Å². The molecule has 0 spiro atoms. The number of fused-ring (bicyclic) bond motifs is 1. The zero-order chi connectivity index (χ0) is 14.9. The minimum absolute atomic E-state index is 0.210. The molecule has 0 N–H and O–H groups in total. The quantitative estimate of drug-likeness (QED) is 0.743. The van der Waals surface area contributed by atoms with Crippen molar-refractivity contribution >= 4 is 20.8 Å². The van der Waals surface area contributed by atoms with Crippen LogP contribution in [-0.4, -0.2) is 19.8 Å². The SMILES string of the molecule is CN(Cc1ccco1)S(=O)(=O)c1ccc2ccccc2c1. The van der Waals surface area contributed by atoms with Gasteiger partial charge >= 0.3 is 0 Å². The largest absolute Gasteiger partial charge is 0.468 e. The van der Waals surface area contributed by atoms with E-state index in [1.54, 1.807) is 31.3 Å². The molecule has 108 valence electrons. The molecule has 0 atom stereocenters. The molecule has 0 bridgehead atoms. The van der Waals surface area contributed by atoms with Crippen LogP contribution in [0.1, 0.15) is 5.76 Å². The van der Waals surface area contributed by atoms with Crippen LogP contribution in [0, 0.1) is 0 Å². The van der Waals surface area contributed by atoms with Crippen LogP contribution in [0.25, 0.3) is 10.8 Å².